The first kappa shape index (κ1) is 12.2. The molecular weight excluding hydrogens is 218 g/mol. The van der Waals surface area contributed by atoms with Crippen molar-refractivity contribution < 1.29 is 15.3 Å². The number of aliphatic hydroxyl groups excluding tert-OH is 1. The van der Waals surface area contributed by atoms with Crippen molar-refractivity contribution in [3.8, 4) is 11.5 Å². The highest BCUT2D eigenvalue weighted by atomic mass is 16.3. The lowest BCUT2D eigenvalue weighted by Crippen LogP contribution is -2.30. The van der Waals surface area contributed by atoms with Gasteiger partial charge in [-0.05, 0) is 43.4 Å². The third-order valence-corrected chi connectivity index (χ3v) is 3.22. The van der Waals surface area contributed by atoms with Crippen molar-refractivity contribution in [1.82, 2.24) is 5.32 Å². The van der Waals surface area contributed by atoms with Crippen LogP contribution in [0.5, 0.6) is 11.5 Å². The Kier molecular flexibility index (Phi) is 3.54. The molecule has 2 rings (SSSR count). The van der Waals surface area contributed by atoms with E-state index in [1.54, 1.807) is 12.1 Å². The maximum Gasteiger partial charge on any atom is 0.119 e. The molecule has 94 valence electrons. The average Bonchev–Trinajstić information content (AvgIpc) is 3.07. The second-order valence-electron chi connectivity index (χ2n) is 4.82. The average molecular weight is 237 g/mol. The zero-order chi connectivity index (χ0) is 12.4. The largest absolute Gasteiger partial charge is 0.508 e. The quantitative estimate of drug-likeness (QED) is 0.626. The Morgan fingerprint density at radius 1 is 1.24 bits per heavy atom. The van der Waals surface area contributed by atoms with Gasteiger partial charge in [0.15, 0.2) is 0 Å². The molecule has 1 aliphatic rings. The minimum absolute atomic E-state index is 0.0126. The molecule has 2 atom stereocenters. The molecule has 1 saturated carbocycles. The van der Waals surface area contributed by atoms with Gasteiger partial charge in [0.25, 0.3) is 0 Å². The zero-order valence-corrected chi connectivity index (χ0v) is 9.93. The number of aromatic hydroxyl groups is 2. The summed E-state index contributed by atoms with van der Waals surface area (Å²) in [6.45, 7) is 2.48. The predicted molar refractivity (Wildman–Crippen MR) is 64.9 cm³/mol. The third kappa shape index (κ3) is 3.35. The van der Waals surface area contributed by atoms with Crippen molar-refractivity contribution >= 4 is 0 Å². The number of hydrogen-bond acceptors (Lipinski definition) is 4. The second-order valence-corrected chi connectivity index (χ2v) is 4.82. The van der Waals surface area contributed by atoms with Gasteiger partial charge in [0.05, 0.1) is 6.10 Å². The van der Waals surface area contributed by atoms with E-state index in [9.17, 15) is 15.3 Å². The Labute approximate surface area is 101 Å². The monoisotopic (exact) mass is 237 g/mol. The molecule has 1 fully saturated rings. The third-order valence-electron chi connectivity index (χ3n) is 3.22. The van der Waals surface area contributed by atoms with Crippen molar-refractivity contribution in [2.24, 2.45) is 5.92 Å². The molecule has 4 N–H and O–H groups in total. The Morgan fingerprint density at radius 3 is 2.35 bits per heavy atom. The molecule has 1 aliphatic carbocycles. The number of phenolic OH excluding ortho intramolecular Hbond substituents is 2. The van der Waals surface area contributed by atoms with Gasteiger partial charge in [0.1, 0.15) is 11.5 Å². The van der Waals surface area contributed by atoms with E-state index in [-0.39, 0.29) is 23.6 Å². The molecule has 0 heterocycles. The second kappa shape index (κ2) is 4.94. The Hall–Kier alpha value is -1.26. The van der Waals surface area contributed by atoms with Gasteiger partial charge in [-0.3, -0.25) is 0 Å². The van der Waals surface area contributed by atoms with Crippen molar-refractivity contribution in [3.05, 3.63) is 23.8 Å². The topological polar surface area (TPSA) is 72.7 Å². The lowest BCUT2D eigenvalue weighted by atomic mass is 10.1. The summed E-state index contributed by atoms with van der Waals surface area (Å²) in [5.41, 5.74) is 0.811. The number of benzene rings is 1. The highest BCUT2D eigenvalue weighted by Gasteiger charge is 2.29. The van der Waals surface area contributed by atoms with Crippen LogP contribution in [0.25, 0.3) is 0 Å². The molecule has 0 radical (unpaired) electrons. The van der Waals surface area contributed by atoms with Crippen LogP contribution in [0.4, 0.5) is 0 Å². The van der Waals surface area contributed by atoms with E-state index in [2.05, 4.69) is 5.32 Å². The minimum atomic E-state index is -0.289. The lowest BCUT2D eigenvalue weighted by molar-refractivity contribution is 0.145. The SMILES string of the molecule is CC(NCC(O)C1CC1)c1cc(O)cc(O)c1. The number of aliphatic hydroxyl groups is 1. The molecule has 0 aliphatic heterocycles. The maximum absolute atomic E-state index is 9.73. The van der Waals surface area contributed by atoms with Crippen molar-refractivity contribution in [2.45, 2.75) is 31.9 Å². The molecule has 0 saturated heterocycles. The van der Waals surface area contributed by atoms with Crippen LogP contribution in [0.3, 0.4) is 0 Å². The normalized spacial score (nSPS) is 18.9. The van der Waals surface area contributed by atoms with E-state index in [4.69, 9.17) is 0 Å². The van der Waals surface area contributed by atoms with E-state index in [1.165, 1.54) is 6.07 Å². The summed E-state index contributed by atoms with van der Waals surface area (Å²) < 4.78 is 0. The Bertz CT molecular complexity index is 370. The fourth-order valence-electron chi connectivity index (χ4n) is 1.93. The van der Waals surface area contributed by atoms with Crippen LogP contribution in [-0.4, -0.2) is 28.0 Å². The summed E-state index contributed by atoms with van der Waals surface area (Å²) >= 11 is 0. The smallest absolute Gasteiger partial charge is 0.119 e. The van der Waals surface area contributed by atoms with Gasteiger partial charge in [-0.1, -0.05) is 0 Å². The molecule has 4 nitrogen and oxygen atoms in total. The van der Waals surface area contributed by atoms with E-state index in [0.29, 0.717) is 12.5 Å². The van der Waals surface area contributed by atoms with Crippen LogP contribution in [0.2, 0.25) is 0 Å². The molecule has 1 aromatic rings. The molecule has 0 amide bonds. The zero-order valence-electron chi connectivity index (χ0n) is 9.93. The Balaban J connectivity index is 1.91. The summed E-state index contributed by atoms with van der Waals surface area (Å²) in [5.74, 6) is 0.556. The summed E-state index contributed by atoms with van der Waals surface area (Å²) in [4.78, 5) is 0. The van der Waals surface area contributed by atoms with Gasteiger partial charge in [0.2, 0.25) is 0 Å². The number of rotatable bonds is 5. The first-order chi connectivity index (χ1) is 8.06. The summed E-state index contributed by atoms with van der Waals surface area (Å²) in [6, 6.07) is 4.51. The van der Waals surface area contributed by atoms with Crippen LogP contribution in [0.1, 0.15) is 31.4 Å². The van der Waals surface area contributed by atoms with Crippen molar-refractivity contribution in [3.63, 3.8) is 0 Å². The van der Waals surface area contributed by atoms with Crippen molar-refractivity contribution in [2.75, 3.05) is 6.54 Å². The molecule has 2 unspecified atom stereocenters. The number of hydrogen-bond donors (Lipinski definition) is 4. The van der Waals surface area contributed by atoms with E-state index in [0.717, 1.165) is 18.4 Å². The minimum Gasteiger partial charge on any atom is -0.508 e. The van der Waals surface area contributed by atoms with Gasteiger partial charge in [-0.15, -0.1) is 0 Å². The molecule has 1 aromatic carbocycles. The van der Waals surface area contributed by atoms with Crippen LogP contribution in [0.15, 0.2) is 18.2 Å². The molecular formula is C13H19NO3. The number of nitrogens with one attached hydrogen (secondary N) is 1. The van der Waals surface area contributed by atoms with Crippen molar-refractivity contribution in [1.29, 1.82) is 0 Å². The maximum atomic E-state index is 9.73. The van der Waals surface area contributed by atoms with E-state index in [1.807, 2.05) is 6.92 Å². The first-order valence-electron chi connectivity index (χ1n) is 6.00. The van der Waals surface area contributed by atoms with Crippen LogP contribution in [0, 0.1) is 5.92 Å². The summed E-state index contributed by atoms with van der Waals surface area (Å²) in [5, 5.41) is 31.7. The van der Waals surface area contributed by atoms with E-state index >= 15 is 0 Å². The number of phenols is 2. The fraction of sp³-hybridized carbons (Fsp3) is 0.538. The molecule has 0 aromatic heterocycles. The van der Waals surface area contributed by atoms with Gasteiger partial charge in [-0.2, -0.15) is 0 Å². The van der Waals surface area contributed by atoms with Gasteiger partial charge >= 0.3 is 0 Å². The van der Waals surface area contributed by atoms with Gasteiger partial charge < -0.3 is 20.6 Å². The first-order valence-corrected chi connectivity index (χ1v) is 6.00. The van der Waals surface area contributed by atoms with Gasteiger partial charge in [0, 0.05) is 18.7 Å². The molecule has 0 bridgehead atoms. The highest BCUT2D eigenvalue weighted by Crippen LogP contribution is 2.32. The molecule has 4 heteroatoms. The highest BCUT2D eigenvalue weighted by molar-refractivity contribution is 5.37. The molecule has 17 heavy (non-hydrogen) atoms. The van der Waals surface area contributed by atoms with Gasteiger partial charge in [-0.25, -0.2) is 0 Å². The molecule has 0 spiro atoms. The predicted octanol–water partition coefficient (Wildman–Crippen LogP) is 1.52. The van der Waals surface area contributed by atoms with Crippen LogP contribution in [-0.2, 0) is 0 Å². The summed E-state index contributed by atoms with van der Waals surface area (Å²) in [6.07, 6.45) is 1.94. The Morgan fingerprint density at radius 2 is 1.82 bits per heavy atom. The lowest BCUT2D eigenvalue weighted by Gasteiger charge is -2.17. The van der Waals surface area contributed by atoms with E-state index < -0.39 is 0 Å². The standard InChI is InChI=1S/C13H19NO3/c1-8(14-7-13(17)9-2-3-9)10-4-11(15)6-12(16)5-10/h4-6,8-9,13-17H,2-3,7H2,1H3. The van der Waals surface area contributed by atoms with Crippen LogP contribution < -0.4 is 5.32 Å². The van der Waals surface area contributed by atoms with Crippen LogP contribution >= 0.6 is 0 Å². The summed E-state index contributed by atoms with van der Waals surface area (Å²) in [7, 11) is 0. The fourth-order valence-corrected chi connectivity index (χ4v) is 1.93.